The van der Waals surface area contributed by atoms with E-state index in [-0.39, 0.29) is 5.41 Å². The number of anilines is 3. The highest BCUT2D eigenvalue weighted by atomic mass is 16.3. The lowest BCUT2D eigenvalue weighted by Gasteiger charge is -2.28. The van der Waals surface area contributed by atoms with E-state index in [2.05, 4.69) is 195 Å². The average Bonchev–Trinajstić information content (AvgIpc) is 3.68. The van der Waals surface area contributed by atoms with Crippen molar-refractivity contribution in [3.8, 4) is 33.4 Å². The van der Waals surface area contributed by atoms with Gasteiger partial charge in [-0.3, -0.25) is 0 Å². The fourth-order valence-electron chi connectivity index (χ4n) is 8.39. The van der Waals surface area contributed by atoms with Crippen LogP contribution in [0.3, 0.4) is 0 Å². The fourth-order valence-corrected chi connectivity index (χ4v) is 8.39. The summed E-state index contributed by atoms with van der Waals surface area (Å²) in [6, 6.07) is 63.5. The van der Waals surface area contributed by atoms with Gasteiger partial charge in [0.2, 0.25) is 0 Å². The van der Waals surface area contributed by atoms with Crippen molar-refractivity contribution in [1.29, 1.82) is 0 Å². The van der Waals surface area contributed by atoms with Crippen molar-refractivity contribution < 1.29 is 4.42 Å². The van der Waals surface area contributed by atoms with Crippen molar-refractivity contribution in [2.45, 2.75) is 19.3 Å². The predicted octanol–water partition coefficient (Wildman–Crippen LogP) is 13.8. The maximum Gasteiger partial charge on any atom is 0.159 e. The van der Waals surface area contributed by atoms with Gasteiger partial charge in [0.15, 0.2) is 5.58 Å². The van der Waals surface area contributed by atoms with Crippen LogP contribution in [0.1, 0.15) is 25.0 Å². The smallest absolute Gasteiger partial charge is 0.159 e. The van der Waals surface area contributed by atoms with Crippen LogP contribution in [-0.4, -0.2) is 0 Å². The Kier molecular flexibility index (Phi) is 6.56. The number of furan rings is 1. The summed E-state index contributed by atoms with van der Waals surface area (Å²) in [4.78, 5) is 2.39. The van der Waals surface area contributed by atoms with Gasteiger partial charge >= 0.3 is 0 Å². The highest BCUT2D eigenvalue weighted by Crippen LogP contribution is 2.52. The average molecular weight is 654 g/mol. The molecule has 2 heteroatoms. The molecule has 0 N–H and O–H groups in total. The number of nitrogens with zero attached hydrogens (tertiary/aromatic N) is 1. The monoisotopic (exact) mass is 653 g/mol. The number of fused-ring (bicyclic) bond motifs is 8. The summed E-state index contributed by atoms with van der Waals surface area (Å²) in [5.74, 6) is 0. The van der Waals surface area contributed by atoms with E-state index in [1.54, 1.807) is 0 Å². The van der Waals surface area contributed by atoms with Crippen molar-refractivity contribution in [3.63, 3.8) is 0 Å². The number of hydrogen-bond donors (Lipinski definition) is 0. The van der Waals surface area contributed by atoms with Crippen molar-refractivity contribution in [1.82, 2.24) is 0 Å². The molecule has 0 radical (unpaired) electrons. The van der Waals surface area contributed by atoms with Gasteiger partial charge in [-0.1, -0.05) is 153 Å². The number of hydrogen-bond acceptors (Lipinski definition) is 2. The van der Waals surface area contributed by atoms with Gasteiger partial charge in [0.1, 0.15) is 5.58 Å². The number of para-hydroxylation sites is 1. The first-order valence-corrected chi connectivity index (χ1v) is 17.7. The predicted molar refractivity (Wildman–Crippen MR) is 214 cm³/mol. The normalized spacial score (nSPS) is 13.1. The van der Waals surface area contributed by atoms with Crippen LogP contribution in [0, 0.1) is 0 Å². The maximum absolute atomic E-state index is 7.04. The molecule has 2 nitrogen and oxygen atoms in total. The summed E-state index contributed by atoms with van der Waals surface area (Å²) in [6.07, 6.45) is 0. The molecule has 0 fully saturated rings. The largest absolute Gasteiger partial charge is 0.454 e. The quantitative estimate of drug-likeness (QED) is 0.184. The second kappa shape index (κ2) is 11.3. The van der Waals surface area contributed by atoms with Crippen molar-refractivity contribution in [3.05, 3.63) is 187 Å². The molecule has 0 saturated heterocycles. The number of rotatable bonds is 5. The van der Waals surface area contributed by atoms with E-state index >= 15 is 0 Å². The van der Waals surface area contributed by atoms with E-state index in [1.165, 1.54) is 55.3 Å². The lowest BCUT2D eigenvalue weighted by atomic mass is 9.82. The van der Waals surface area contributed by atoms with Gasteiger partial charge in [-0.15, -0.1) is 0 Å². The minimum absolute atomic E-state index is 0.127. The standard InChI is InChI=1S/C49H35NO/c1-49(2)43-25-12-11-22-38(43)39-28-27-36(30-44(39)49)50(35-20-13-19-34(29-35)32-15-5-3-6-16-32)45-26-14-24-41-47-40-23-10-9-21-37(40)42(31-46(47)51-48(41)45)33-17-7-4-8-18-33/h3-31H,1-2H3. The fraction of sp³-hybridized carbons (Fsp3) is 0.0612. The van der Waals surface area contributed by atoms with Crippen LogP contribution < -0.4 is 4.90 Å². The summed E-state index contributed by atoms with van der Waals surface area (Å²) < 4.78 is 7.04. The van der Waals surface area contributed by atoms with E-state index in [1.807, 2.05) is 0 Å². The molecule has 10 rings (SSSR count). The lowest BCUT2D eigenvalue weighted by Crippen LogP contribution is -2.16. The Hall–Kier alpha value is -6.38. The Morgan fingerprint density at radius 1 is 0.431 bits per heavy atom. The van der Waals surface area contributed by atoms with E-state index in [9.17, 15) is 0 Å². The Bertz CT molecular complexity index is 2770. The van der Waals surface area contributed by atoms with Crippen LogP contribution in [0.25, 0.3) is 66.1 Å². The molecule has 0 aliphatic heterocycles. The van der Waals surface area contributed by atoms with Crippen molar-refractivity contribution in [2.24, 2.45) is 0 Å². The zero-order chi connectivity index (χ0) is 34.1. The summed E-state index contributed by atoms with van der Waals surface area (Å²) in [5, 5.41) is 4.67. The third-order valence-electron chi connectivity index (χ3n) is 10.8. The van der Waals surface area contributed by atoms with E-state index in [4.69, 9.17) is 4.42 Å². The van der Waals surface area contributed by atoms with Crippen molar-refractivity contribution in [2.75, 3.05) is 4.90 Å². The Balaban J connectivity index is 1.24. The molecule has 51 heavy (non-hydrogen) atoms. The van der Waals surface area contributed by atoms with Crippen LogP contribution >= 0.6 is 0 Å². The van der Waals surface area contributed by atoms with Crippen LogP contribution in [0.15, 0.2) is 180 Å². The van der Waals surface area contributed by atoms with Crippen LogP contribution in [0.4, 0.5) is 17.1 Å². The molecule has 0 atom stereocenters. The third-order valence-corrected chi connectivity index (χ3v) is 10.8. The molecule has 9 aromatic rings. The molecular formula is C49H35NO. The topological polar surface area (TPSA) is 16.4 Å². The molecule has 0 unspecified atom stereocenters. The van der Waals surface area contributed by atoms with Crippen LogP contribution in [-0.2, 0) is 5.41 Å². The first-order valence-electron chi connectivity index (χ1n) is 17.7. The molecule has 0 spiro atoms. The zero-order valence-corrected chi connectivity index (χ0v) is 28.6. The lowest BCUT2D eigenvalue weighted by molar-refractivity contribution is 0.660. The number of benzene rings is 8. The SMILES string of the molecule is CC1(C)c2ccccc2-c2ccc(N(c3cccc(-c4ccccc4)c3)c3cccc4c3oc3cc(-c5ccccc5)c5ccccc5c34)cc21. The van der Waals surface area contributed by atoms with Gasteiger partial charge in [-0.25, -0.2) is 0 Å². The Morgan fingerprint density at radius 3 is 1.88 bits per heavy atom. The van der Waals surface area contributed by atoms with Crippen LogP contribution in [0.2, 0.25) is 0 Å². The molecule has 0 amide bonds. The minimum atomic E-state index is -0.127. The minimum Gasteiger partial charge on any atom is -0.454 e. The summed E-state index contributed by atoms with van der Waals surface area (Å²) >= 11 is 0. The van der Waals surface area contributed by atoms with Crippen LogP contribution in [0.5, 0.6) is 0 Å². The van der Waals surface area contributed by atoms with Crippen molar-refractivity contribution >= 4 is 49.8 Å². The molecular weight excluding hydrogens is 619 g/mol. The molecule has 1 aliphatic rings. The molecule has 1 aromatic heterocycles. The molecule has 1 aliphatic carbocycles. The van der Waals surface area contributed by atoms with Gasteiger partial charge in [0.25, 0.3) is 0 Å². The van der Waals surface area contributed by atoms with Gasteiger partial charge in [0.05, 0.1) is 5.69 Å². The first-order chi connectivity index (χ1) is 25.1. The summed E-state index contributed by atoms with van der Waals surface area (Å²) in [5.41, 5.74) is 14.9. The van der Waals surface area contributed by atoms with E-state index < -0.39 is 0 Å². The molecule has 242 valence electrons. The van der Waals surface area contributed by atoms with E-state index in [0.717, 1.165) is 39.0 Å². The van der Waals surface area contributed by atoms with Gasteiger partial charge in [0, 0.05) is 27.6 Å². The molecule has 8 aromatic carbocycles. The Labute approximate surface area is 297 Å². The molecule has 0 saturated carbocycles. The summed E-state index contributed by atoms with van der Waals surface area (Å²) in [6.45, 7) is 4.69. The second-order valence-electron chi connectivity index (χ2n) is 14.1. The highest BCUT2D eigenvalue weighted by molar-refractivity contribution is 6.23. The van der Waals surface area contributed by atoms with Gasteiger partial charge < -0.3 is 9.32 Å². The van der Waals surface area contributed by atoms with Gasteiger partial charge in [-0.05, 0) is 91.7 Å². The van der Waals surface area contributed by atoms with Gasteiger partial charge in [-0.2, -0.15) is 0 Å². The third kappa shape index (κ3) is 4.57. The first kappa shape index (κ1) is 29.5. The maximum atomic E-state index is 7.04. The molecule has 1 heterocycles. The molecule has 0 bridgehead atoms. The Morgan fingerprint density at radius 2 is 1.06 bits per heavy atom. The highest BCUT2D eigenvalue weighted by Gasteiger charge is 2.36. The van der Waals surface area contributed by atoms with E-state index in [0.29, 0.717) is 0 Å². The second-order valence-corrected chi connectivity index (χ2v) is 14.1. The summed E-state index contributed by atoms with van der Waals surface area (Å²) in [7, 11) is 0. The zero-order valence-electron chi connectivity index (χ0n) is 28.6.